The molecule has 1 heterocycles. The molecule has 1 N–H and O–H groups in total. The number of benzene rings is 1. The second-order valence-electron chi connectivity index (χ2n) is 5.71. The Morgan fingerprint density at radius 1 is 1.10 bits per heavy atom. The van der Waals surface area contributed by atoms with E-state index in [0.717, 1.165) is 13.1 Å². The molecule has 0 amide bonds. The molecule has 1 aromatic carbocycles. The first-order chi connectivity index (χ1) is 10.2. The van der Waals surface area contributed by atoms with Gasteiger partial charge in [0.2, 0.25) is 0 Å². The van der Waals surface area contributed by atoms with E-state index in [4.69, 9.17) is 0 Å². The minimum atomic E-state index is 0.381. The van der Waals surface area contributed by atoms with Crippen molar-refractivity contribution in [3.8, 4) is 0 Å². The zero-order chi connectivity index (χ0) is 15.1. The van der Waals surface area contributed by atoms with Crippen LogP contribution in [-0.2, 0) is 6.54 Å². The topological polar surface area (TPSA) is 28.2 Å². The monoisotopic (exact) mass is 283 g/mol. The highest BCUT2D eigenvalue weighted by molar-refractivity contribution is 5.19. The van der Waals surface area contributed by atoms with E-state index in [1.807, 2.05) is 19.4 Å². The van der Waals surface area contributed by atoms with Gasteiger partial charge < -0.3 is 10.2 Å². The van der Waals surface area contributed by atoms with Crippen LogP contribution in [0.4, 0.5) is 0 Å². The van der Waals surface area contributed by atoms with E-state index >= 15 is 0 Å². The van der Waals surface area contributed by atoms with E-state index in [0.29, 0.717) is 12.0 Å². The molecule has 0 radical (unpaired) electrons. The van der Waals surface area contributed by atoms with Gasteiger partial charge in [0, 0.05) is 31.5 Å². The van der Waals surface area contributed by atoms with Crippen LogP contribution in [0.1, 0.15) is 24.1 Å². The summed E-state index contributed by atoms with van der Waals surface area (Å²) in [5.41, 5.74) is 2.66. The Labute approximate surface area is 128 Å². The third-order valence-corrected chi connectivity index (χ3v) is 3.84. The van der Waals surface area contributed by atoms with E-state index in [2.05, 4.69) is 71.6 Å². The first-order valence-electron chi connectivity index (χ1n) is 7.50. The van der Waals surface area contributed by atoms with Gasteiger partial charge in [0.25, 0.3) is 0 Å². The Bertz CT molecular complexity index is 513. The Hall–Kier alpha value is -1.71. The predicted molar refractivity (Wildman–Crippen MR) is 88.0 cm³/mol. The highest BCUT2D eigenvalue weighted by Crippen LogP contribution is 2.22. The summed E-state index contributed by atoms with van der Waals surface area (Å²) in [6.07, 6.45) is 3.71. The predicted octanol–water partition coefficient (Wildman–Crippen LogP) is 3.11. The van der Waals surface area contributed by atoms with Crippen molar-refractivity contribution in [1.82, 2.24) is 15.2 Å². The Balaban J connectivity index is 1.94. The molecule has 2 aromatic rings. The number of nitrogens with one attached hydrogen (secondary N) is 1. The molecular formula is C18H25N3. The van der Waals surface area contributed by atoms with Crippen LogP contribution in [-0.4, -0.2) is 30.5 Å². The molecule has 3 heteroatoms. The summed E-state index contributed by atoms with van der Waals surface area (Å²) < 4.78 is 0. The SMILES string of the molecule is CNC(c1ccccc1)C(C)CN(C)Cc1ccncc1. The minimum absolute atomic E-state index is 0.381. The van der Waals surface area contributed by atoms with Gasteiger partial charge in [0.15, 0.2) is 0 Å². The Morgan fingerprint density at radius 2 is 1.76 bits per heavy atom. The first-order valence-corrected chi connectivity index (χ1v) is 7.50. The molecule has 21 heavy (non-hydrogen) atoms. The summed E-state index contributed by atoms with van der Waals surface area (Å²) in [5, 5.41) is 3.45. The first kappa shape index (κ1) is 15.7. The van der Waals surface area contributed by atoms with Crippen LogP contribution < -0.4 is 5.32 Å². The second-order valence-corrected chi connectivity index (χ2v) is 5.71. The molecule has 0 saturated carbocycles. The molecule has 0 spiro atoms. The fourth-order valence-corrected chi connectivity index (χ4v) is 2.90. The zero-order valence-electron chi connectivity index (χ0n) is 13.2. The number of nitrogens with zero attached hydrogens (tertiary/aromatic N) is 2. The lowest BCUT2D eigenvalue weighted by Gasteiger charge is -2.28. The summed E-state index contributed by atoms with van der Waals surface area (Å²) >= 11 is 0. The maximum Gasteiger partial charge on any atom is 0.0355 e. The van der Waals surface area contributed by atoms with Gasteiger partial charge in [-0.3, -0.25) is 4.98 Å². The summed E-state index contributed by atoms with van der Waals surface area (Å²) in [6.45, 7) is 4.30. The van der Waals surface area contributed by atoms with Crippen LogP contribution in [0, 0.1) is 5.92 Å². The van der Waals surface area contributed by atoms with E-state index in [1.54, 1.807) is 0 Å². The maximum atomic E-state index is 4.07. The van der Waals surface area contributed by atoms with Crippen LogP contribution in [0.3, 0.4) is 0 Å². The van der Waals surface area contributed by atoms with Gasteiger partial charge in [-0.15, -0.1) is 0 Å². The average molecular weight is 283 g/mol. The van der Waals surface area contributed by atoms with Gasteiger partial charge in [-0.2, -0.15) is 0 Å². The van der Waals surface area contributed by atoms with E-state index in [9.17, 15) is 0 Å². The van der Waals surface area contributed by atoms with Crippen molar-refractivity contribution in [1.29, 1.82) is 0 Å². The molecule has 0 aliphatic carbocycles. The number of hydrogen-bond donors (Lipinski definition) is 1. The lowest BCUT2D eigenvalue weighted by Crippen LogP contribution is -2.32. The molecule has 112 valence electrons. The average Bonchev–Trinajstić information content (AvgIpc) is 2.50. The number of rotatable bonds is 7. The van der Waals surface area contributed by atoms with Crippen LogP contribution in [0.5, 0.6) is 0 Å². The highest BCUT2D eigenvalue weighted by atomic mass is 15.1. The molecular weight excluding hydrogens is 258 g/mol. The van der Waals surface area contributed by atoms with Gasteiger partial charge >= 0.3 is 0 Å². The van der Waals surface area contributed by atoms with Crippen molar-refractivity contribution < 1.29 is 0 Å². The fourth-order valence-electron chi connectivity index (χ4n) is 2.90. The molecule has 3 nitrogen and oxygen atoms in total. The van der Waals surface area contributed by atoms with Crippen molar-refractivity contribution in [3.63, 3.8) is 0 Å². The van der Waals surface area contributed by atoms with Crippen LogP contribution in [0.25, 0.3) is 0 Å². The number of hydrogen-bond acceptors (Lipinski definition) is 3. The summed E-state index contributed by atoms with van der Waals surface area (Å²) in [6, 6.07) is 15.2. The Morgan fingerprint density at radius 3 is 2.38 bits per heavy atom. The molecule has 0 aliphatic rings. The van der Waals surface area contributed by atoms with Crippen molar-refractivity contribution >= 4 is 0 Å². The molecule has 1 aromatic heterocycles. The van der Waals surface area contributed by atoms with Crippen LogP contribution in [0.2, 0.25) is 0 Å². The van der Waals surface area contributed by atoms with Gasteiger partial charge in [-0.1, -0.05) is 37.3 Å². The summed E-state index contributed by atoms with van der Waals surface area (Å²) in [7, 11) is 4.21. The largest absolute Gasteiger partial charge is 0.313 e. The van der Waals surface area contributed by atoms with Gasteiger partial charge in [0.1, 0.15) is 0 Å². The van der Waals surface area contributed by atoms with E-state index < -0.39 is 0 Å². The lowest BCUT2D eigenvalue weighted by molar-refractivity contribution is 0.245. The van der Waals surface area contributed by atoms with Crippen molar-refractivity contribution in [2.75, 3.05) is 20.6 Å². The van der Waals surface area contributed by atoms with E-state index in [1.165, 1.54) is 11.1 Å². The highest BCUT2D eigenvalue weighted by Gasteiger charge is 2.18. The molecule has 2 rings (SSSR count). The number of aromatic nitrogens is 1. The summed E-state index contributed by atoms with van der Waals surface area (Å²) in [5.74, 6) is 0.532. The van der Waals surface area contributed by atoms with Gasteiger partial charge in [-0.05, 0) is 43.3 Å². The second kappa shape index (κ2) is 7.91. The molecule has 0 saturated heterocycles. The quantitative estimate of drug-likeness (QED) is 0.846. The lowest BCUT2D eigenvalue weighted by atomic mass is 9.94. The van der Waals surface area contributed by atoms with Crippen molar-refractivity contribution in [2.45, 2.75) is 19.5 Å². The molecule has 0 bridgehead atoms. The van der Waals surface area contributed by atoms with Gasteiger partial charge in [0.05, 0.1) is 0 Å². The fraction of sp³-hybridized carbons (Fsp3) is 0.389. The molecule has 0 aliphatic heterocycles. The van der Waals surface area contributed by atoms with Crippen molar-refractivity contribution in [2.24, 2.45) is 5.92 Å². The summed E-state index contributed by atoms with van der Waals surface area (Å²) in [4.78, 5) is 6.43. The smallest absolute Gasteiger partial charge is 0.0355 e. The third-order valence-electron chi connectivity index (χ3n) is 3.84. The third kappa shape index (κ3) is 4.66. The van der Waals surface area contributed by atoms with Crippen molar-refractivity contribution in [3.05, 3.63) is 66.0 Å². The normalized spacial score (nSPS) is 14.1. The maximum absolute atomic E-state index is 4.07. The molecule has 2 unspecified atom stereocenters. The van der Waals surface area contributed by atoms with E-state index in [-0.39, 0.29) is 0 Å². The van der Waals surface area contributed by atoms with Gasteiger partial charge in [-0.25, -0.2) is 0 Å². The molecule has 0 fully saturated rings. The Kier molecular flexibility index (Phi) is 5.90. The minimum Gasteiger partial charge on any atom is -0.313 e. The zero-order valence-corrected chi connectivity index (χ0v) is 13.2. The van der Waals surface area contributed by atoms with Crippen LogP contribution >= 0.6 is 0 Å². The van der Waals surface area contributed by atoms with Crippen LogP contribution in [0.15, 0.2) is 54.9 Å². The number of pyridine rings is 1. The standard InChI is InChI=1S/C18H25N3/c1-15(18(19-2)17-7-5-4-6-8-17)13-21(3)14-16-9-11-20-12-10-16/h4-12,15,18-19H,13-14H2,1-3H3. The molecule has 2 atom stereocenters.